The van der Waals surface area contributed by atoms with E-state index in [0.29, 0.717) is 6.54 Å². The summed E-state index contributed by atoms with van der Waals surface area (Å²) in [5, 5.41) is 8.03. The maximum atomic E-state index is 13.5. The molecular formula is C21H24ClFN4O. The largest absolute Gasteiger partial charge is 0.346 e. The summed E-state index contributed by atoms with van der Waals surface area (Å²) < 4.78 is 16.8. The van der Waals surface area contributed by atoms with Gasteiger partial charge in [-0.15, -0.1) is 12.4 Å². The highest BCUT2D eigenvalue weighted by Gasteiger charge is 2.24. The van der Waals surface area contributed by atoms with Crippen molar-refractivity contribution in [1.82, 2.24) is 19.7 Å². The molecule has 1 fully saturated rings. The van der Waals surface area contributed by atoms with E-state index in [-0.39, 0.29) is 36.4 Å². The molecule has 148 valence electrons. The summed E-state index contributed by atoms with van der Waals surface area (Å²) in [5.41, 5.74) is 1.66. The number of piperidine rings is 1. The van der Waals surface area contributed by atoms with E-state index < -0.39 is 0 Å². The SMILES string of the molecule is Cl.O=c1n(Cc2cccc(F)c2)nc(C2CCNCC2)n1Cc1ccccc1. The lowest BCUT2D eigenvalue weighted by Crippen LogP contribution is -2.30. The van der Waals surface area contributed by atoms with Gasteiger partial charge < -0.3 is 5.32 Å². The molecular weight excluding hydrogens is 379 g/mol. The van der Waals surface area contributed by atoms with Crippen LogP contribution in [-0.2, 0) is 13.1 Å². The van der Waals surface area contributed by atoms with E-state index in [9.17, 15) is 9.18 Å². The minimum atomic E-state index is -0.303. The van der Waals surface area contributed by atoms with Crippen LogP contribution in [0.25, 0.3) is 0 Å². The molecule has 0 amide bonds. The third kappa shape index (κ3) is 4.51. The molecule has 0 saturated carbocycles. The standard InChI is InChI=1S/C21H23FN4O.ClH/c22-19-8-4-7-17(13-19)15-26-21(27)25(14-16-5-2-1-3-6-16)20(24-26)18-9-11-23-12-10-18;/h1-8,13,18,23H,9-12,14-15H2;1H. The fourth-order valence-electron chi connectivity index (χ4n) is 3.67. The predicted molar refractivity (Wildman–Crippen MR) is 110 cm³/mol. The summed E-state index contributed by atoms with van der Waals surface area (Å²) in [6.45, 7) is 2.64. The first-order valence-corrected chi connectivity index (χ1v) is 9.37. The summed E-state index contributed by atoms with van der Waals surface area (Å²) in [4.78, 5) is 13.1. The highest BCUT2D eigenvalue weighted by atomic mass is 35.5. The Hall–Kier alpha value is -2.44. The van der Waals surface area contributed by atoms with Crippen LogP contribution in [0.5, 0.6) is 0 Å². The van der Waals surface area contributed by atoms with Crippen molar-refractivity contribution >= 4 is 12.4 Å². The zero-order valence-corrected chi connectivity index (χ0v) is 16.4. The van der Waals surface area contributed by atoms with E-state index in [0.717, 1.165) is 42.9 Å². The lowest BCUT2D eigenvalue weighted by atomic mass is 9.97. The van der Waals surface area contributed by atoms with E-state index in [4.69, 9.17) is 0 Å². The summed E-state index contributed by atoms with van der Waals surface area (Å²) in [6.07, 6.45) is 1.93. The lowest BCUT2D eigenvalue weighted by Gasteiger charge is -2.22. The van der Waals surface area contributed by atoms with Crippen molar-refractivity contribution in [3.05, 3.63) is 87.9 Å². The molecule has 1 N–H and O–H groups in total. The van der Waals surface area contributed by atoms with Crippen LogP contribution in [0.1, 0.15) is 35.7 Å². The fraction of sp³-hybridized carbons (Fsp3) is 0.333. The van der Waals surface area contributed by atoms with Crippen LogP contribution in [0, 0.1) is 5.82 Å². The van der Waals surface area contributed by atoms with Crippen LogP contribution < -0.4 is 11.0 Å². The number of nitrogens with one attached hydrogen (secondary N) is 1. The van der Waals surface area contributed by atoms with Crippen molar-refractivity contribution < 1.29 is 4.39 Å². The van der Waals surface area contributed by atoms with Crippen LogP contribution in [0.15, 0.2) is 59.4 Å². The van der Waals surface area contributed by atoms with E-state index in [2.05, 4.69) is 10.4 Å². The third-order valence-corrected chi connectivity index (χ3v) is 5.06. The van der Waals surface area contributed by atoms with Gasteiger partial charge in [0, 0.05) is 5.92 Å². The molecule has 0 radical (unpaired) electrons. The van der Waals surface area contributed by atoms with Crippen LogP contribution >= 0.6 is 12.4 Å². The second kappa shape index (κ2) is 9.17. The van der Waals surface area contributed by atoms with Gasteiger partial charge in [-0.05, 0) is 49.2 Å². The van der Waals surface area contributed by atoms with Crippen LogP contribution in [0.4, 0.5) is 4.39 Å². The van der Waals surface area contributed by atoms with Crippen LogP contribution in [0.3, 0.4) is 0 Å². The Morgan fingerprint density at radius 1 is 1.00 bits per heavy atom. The summed E-state index contributed by atoms with van der Waals surface area (Å²) in [5.74, 6) is 0.793. The molecule has 0 aliphatic carbocycles. The number of nitrogens with zero attached hydrogens (tertiary/aromatic N) is 3. The van der Waals surface area contributed by atoms with Gasteiger partial charge in [0.1, 0.15) is 11.6 Å². The Morgan fingerprint density at radius 3 is 2.43 bits per heavy atom. The number of hydrogen-bond acceptors (Lipinski definition) is 3. The average molecular weight is 403 g/mol. The van der Waals surface area contributed by atoms with Crippen LogP contribution in [-0.4, -0.2) is 27.4 Å². The molecule has 1 aromatic heterocycles. The monoisotopic (exact) mass is 402 g/mol. The number of hydrogen-bond donors (Lipinski definition) is 1. The molecule has 2 heterocycles. The normalized spacial score (nSPS) is 14.6. The van der Waals surface area contributed by atoms with Gasteiger partial charge in [0.2, 0.25) is 0 Å². The Labute approximate surface area is 169 Å². The number of halogens is 2. The minimum Gasteiger partial charge on any atom is -0.317 e. The summed E-state index contributed by atoms with van der Waals surface area (Å²) in [6, 6.07) is 16.3. The highest BCUT2D eigenvalue weighted by molar-refractivity contribution is 5.85. The Bertz CT molecular complexity index is 964. The predicted octanol–water partition coefficient (Wildman–Crippen LogP) is 3.17. The number of rotatable bonds is 5. The van der Waals surface area contributed by atoms with Crippen molar-refractivity contribution in [2.75, 3.05) is 13.1 Å². The molecule has 7 heteroatoms. The smallest absolute Gasteiger partial charge is 0.317 e. The van der Waals surface area contributed by atoms with E-state index in [1.807, 2.05) is 36.4 Å². The molecule has 1 saturated heterocycles. The van der Waals surface area contributed by atoms with Gasteiger partial charge in [-0.25, -0.2) is 13.9 Å². The van der Waals surface area contributed by atoms with Crippen molar-refractivity contribution in [3.63, 3.8) is 0 Å². The van der Waals surface area contributed by atoms with Gasteiger partial charge in [-0.3, -0.25) is 4.57 Å². The van der Waals surface area contributed by atoms with Crippen molar-refractivity contribution in [1.29, 1.82) is 0 Å². The zero-order valence-electron chi connectivity index (χ0n) is 15.6. The van der Waals surface area contributed by atoms with E-state index in [1.54, 1.807) is 10.6 Å². The molecule has 1 aliphatic rings. The number of benzene rings is 2. The van der Waals surface area contributed by atoms with Crippen molar-refractivity contribution in [3.8, 4) is 0 Å². The van der Waals surface area contributed by atoms with Gasteiger partial charge in [0.15, 0.2) is 0 Å². The minimum absolute atomic E-state index is 0. The molecule has 0 unspecified atom stereocenters. The molecule has 28 heavy (non-hydrogen) atoms. The molecule has 2 aromatic carbocycles. The topological polar surface area (TPSA) is 51.9 Å². The second-order valence-electron chi connectivity index (χ2n) is 7.02. The van der Waals surface area contributed by atoms with Gasteiger partial charge in [0.05, 0.1) is 13.1 Å². The molecule has 5 nitrogen and oxygen atoms in total. The first kappa shape index (κ1) is 20.3. The Kier molecular flexibility index (Phi) is 6.65. The van der Waals surface area contributed by atoms with Crippen molar-refractivity contribution in [2.24, 2.45) is 0 Å². The first-order valence-electron chi connectivity index (χ1n) is 9.37. The van der Waals surface area contributed by atoms with Crippen LogP contribution in [0.2, 0.25) is 0 Å². The molecule has 1 aliphatic heterocycles. The molecule has 0 atom stereocenters. The average Bonchev–Trinajstić information content (AvgIpc) is 2.99. The zero-order chi connectivity index (χ0) is 18.6. The fourth-order valence-corrected chi connectivity index (χ4v) is 3.67. The maximum absolute atomic E-state index is 13.5. The van der Waals surface area contributed by atoms with Gasteiger partial charge in [-0.2, -0.15) is 5.10 Å². The van der Waals surface area contributed by atoms with E-state index in [1.165, 1.54) is 16.8 Å². The van der Waals surface area contributed by atoms with Crippen molar-refractivity contribution in [2.45, 2.75) is 31.8 Å². The van der Waals surface area contributed by atoms with Gasteiger partial charge in [0.25, 0.3) is 0 Å². The lowest BCUT2D eigenvalue weighted by molar-refractivity contribution is 0.430. The number of aromatic nitrogens is 3. The molecule has 3 aromatic rings. The summed E-state index contributed by atoms with van der Waals surface area (Å²) in [7, 11) is 0. The maximum Gasteiger partial charge on any atom is 0.346 e. The highest BCUT2D eigenvalue weighted by Crippen LogP contribution is 2.23. The third-order valence-electron chi connectivity index (χ3n) is 5.06. The van der Waals surface area contributed by atoms with Gasteiger partial charge in [-0.1, -0.05) is 42.5 Å². The Morgan fingerprint density at radius 2 is 1.71 bits per heavy atom. The molecule has 0 spiro atoms. The molecule has 4 rings (SSSR count). The Balaban J connectivity index is 0.00000225. The summed E-state index contributed by atoms with van der Waals surface area (Å²) >= 11 is 0. The quantitative estimate of drug-likeness (QED) is 0.713. The van der Waals surface area contributed by atoms with Gasteiger partial charge >= 0.3 is 5.69 Å². The first-order chi connectivity index (χ1) is 13.2. The molecule has 0 bridgehead atoms. The second-order valence-corrected chi connectivity index (χ2v) is 7.02. The van der Waals surface area contributed by atoms with E-state index >= 15 is 0 Å².